The molecule has 0 saturated carbocycles. The van der Waals surface area contributed by atoms with E-state index < -0.39 is 25.0 Å². The molecule has 0 bridgehead atoms. The smallest absolute Gasteiger partial charge is 0.389 e. The van der Waals surface area contributed by atoms with Crippen molar-refractivity contribution in [3.8, 4) is 11.1 Å². The van der Waals surface area contributed by atoms with Crippen molar-refractivity contribution in [2.75, 3.05) is 13.2 Å². The Labute approximate surface area is 241 Å². The number of amides is 2. The Morgan fingerprint density at radius 1 is 1.07 bits per heavy atom. The first-order valence-electron chi connectivity index (χ1n) is 14.3. The molecule has 7 nitrogen and oxygen atoms in total. The van der Waals surface area contributed by atoms with E-state index in [0.717, 1.165) is 24.8 Å². The highest BCUT2D eigenvalue weighted by Crippen LogP contribution is 2.46. The van der Waals surface area contributed by atoms with E-state index in [2.05, 4.69) is 16.4 Å². The minimum atomic E-state index is -4.46. The number of alkyl halides is 3. The summed E-state index contributed by atoms with van der Waals surface area (Å²) >= 11 is 0. The van der Waals surface area contributed by atoms with E-state index in [-0.39, 0.29) is 52.9 Å². The molecule has 3 aromatic rings. The van der Waals surface area contributed by atoms with Crippen LogP contribution in [0, 0.1) is 0 Å². The van der Waals surface area contributed by atoms with Crippen molar-refractivity contribution < 1.29 is 32.3 Å². The fourth-order valence-corrected chi connectivity index (χ4v) is 6.44. The summed E-state index contributed by atoms with van der Waals surface area (Å²) < 4.78 is 45.2. The molecule has 3 heterocycles. The summed E-state index contributed by atoms with van der Waals surface area (Å²) in [6, 6.07) is 14.0. The first-order valence-corrected chi connectivity index (χ1v) is 14.3. The second kappa shape index (κ2) is 10.9. The van der Waals surface area contributed by atoms with Gasteiger partial charge in [0.25, 0.3) is 11.8 Å². The van der Waals surface area contributed by atoms with Crippen molar-refractivity contribution in [3.63, 3.8) is 0 Å². The Morgan fingerprint density at radius 2 is 1.83 bits per heavy atom. The molecule has 1 aliphatic carbocycles. The van der Waals surface area contributed by atoms with Crippen LogP contribution >= 0.6 is 0 Å². The van der Waals surface area contributed by atoms with Gasteiger partial charge in [-0.1, -0.05) is 36.4 Å². The minimum Gasteiger partial charge on any atom is -0.462 e. The largest absolute Gasteiger partial charge is 0.462 e. The highest BCUT2D eigenvalue weighted by molar-refractivity contribution is 6.11. The minimum absolute atomic E-state index is 0.000168. The molecule has 0 spiro atoms. The van der Waals surface area contributed by atoms with Crippen molar-refractivity contribution in [3.05, 3.63) is 87.7 Å². The number of rotatable bonds is 7. The Morgan fingerprint density at radius 3 is 2.57 bits per heavy atom. The first kappa shape index (κ1) is 27.9. The maximum atomic E-state index is 13.6. The Balaban J connectivity index is 1.40. The van der Waals surface area contributed by atoms with Gasteiger partial charge in [0, 0.05) is 24.1 Å². The maximum absolute atomic E-state index is 13.6. The van der Waals surface area contributed by atoms with Crippen LogP contribution in [-0.2, 0) is 17.6 Å². The molecule has 1 saturated heterocycles. The van der Waals surface area contributed by atoms with Gasteiger partial charge in [0.2, 0.25) is 0 Å². The highest BCUT2D eigenvalue weighted by atomic mass is 19.4. The second-order valence-corrected chi connectivity index (χ2v) is 10.9. The summed E-state index contributed by atoms with van der Waals surface area (Å²) in [5.74, 6) is -1.40. The topological polar surface area (TPSA) is 88.6 Å². The van der Waals surface area contributed by atoms with Crippen LogP contribution in [0.4, 0.5) is 13.2 Å². The van der Waals surface area contributed by atoms with E-state index in [0.29, 0.717) is 29.8 Å². The summed E-state index contributed by atoms with van der Waals surface area (Å²) in [6.45, 7) is 2.11. The van der Waals surface area contributed by atoms with E-state index in [1.54, 1.807) is 36.1 Å². The third kappa shape index (κ3) is 5.03. The second-order valence-electron chi connectivity index (χ2n) is 10.9. The molecule has 2 amide bonds. The molecule has 1 fully saturated rings. The van der Waals surface area contributed by atoms with Crippen molar-refractivity contribution >= 4 is 17.8 Å². The Hall–Kier alpha value is -4.21. The molecular formula is C32H30F3N3O4. The SMILES string of the molecule is CCOC(=O)c1c(CCC(F)(F)F)nc2c(c1-c1ccc(C(=O)N[C@@H]3CCc4ccccc43)cc1)C(=O)N1CCC[C@@H]21. The number of pyridine rings is 1. The number of fused-ring (bicyclic) bond motifs is 4. The quantitative estimate of drug-likeness (QED) is 0.342. The molecule has 0 unspecified atom stereocenters. The third-order valence-corrected chi connectivity index (χ3v) is 8.34. The Bertz CT molecular complexity index is 1570. The predicted octanol–water partition coefficient (Wildman–Crippen LogP) is 6.13. The number of ether oxygens (including phenoxy) is 1. The van der Waals surface area contributed by atoms with E-state index in [1.807, 2.05) is 18.2 Å². The molecule has 2 aromatic carbocycles. The fourth-order valence-electron chi connectivity index (χ4n) is 6.44. The number of benzene rings is 2. The van der Waals surface area contributed by atoms with Crippen LogP contribution in [0.1, 0.15) is 98.3 Å². The summed E-state index contributed by atoms with van der Waals surface area (Å²) in [4.78, 5) is 46.2. The summed E-state index contributed by atoms with van der Waals surface area (Å²) in [7, 11) is 0. The number of hydrogen-bond acceptors (Lipinski definition) is 5. The number of aryl methyl sites for hydroxylation is 2. The van der Waals surface area contributed by atoms with Gasteiger partial charge in [0.05, 0.1) is 41.2 Å². The molecule has 42 heavy (non-hydrogen) atoms. The predicted molar refractivity (Wildman–Crippen MR) is 148 cm³/mol. The van der Waals surface area contributed by atoms with Gasteiger partial charge in [0.1, 0.15) is 0 Å². The van der Waals surface area contributed by atoms with Crippen LogP contribution < -0.4 is 5.32 Å². The van der Waals surface area contributed by atoms with Crippen LogP contribution in [0.5, 0.6) is 0 Å². The number of carbonyl (C=O) groups is 3. The van der Waals surface area contributed by atoms with Crippen LogP contribution in [-0.4, -0.2) is 47.0 Å². The third-order valence-electron chi connectivity index (χ3n) is 8.34. The molecule has 3 aliphatic rings. The van der Waals surface area contributed by atoms with Crippen molar-refractivity contribution in [1.29, 1.82) is 0 Å². The lowest BCUT2D eigenvalue weighted by Crippen LogP contribution is -2.27. The lowest BCUT2D eigenvalue weighted by Gasteiger charge is -2.19. The molecule has 2 aliphatic heterocycles. The number of aromatic nitrogens is 1. The maximum Gasteiger partial charge on any atom is 0.389 e. The molecule has 6 rings (SSSR count). The standard InChI is InChI=1S/C32H30F3N3O4/c1-2-42-31(41)26-23(15-16-32(33,34)35)36-28-24-8-5-17-38(24)30(40)27(28)25(26)19-9-11-20(12-10-19)29(39)37-22-14-13-18-6-3-4-7-21(18)22/h3-4,6-7,9-12,22,24H,2,5,8,13-17H2,1H3,(H,37,39)/t22-,24+/m1/s1. The van der Waals surface area contributed by atoms with Gasteiger partial charge >= 0.3 is 12.1 Å². The van der Waals surface area contributed by atoms with Crippen LogP contribution in [0.25, 0.3) is 11.1 Å². The van der Waals surface area contributed by atoms with Gasteiger partial charge in [-0.2, -0.15) is 13.2 Å². The highest BCUT2D eigenvalue weighted by Gasteiger charge is 2.45. The van der Waals surface area contributed by atoms with E-state index in [4.69, 9.17) is 4.74 Å². The number of halogens is 3. The van der Waals surface area contributed by atoms with Crippen molar-refractivity contribution in [2.24, 2.45) is 0 Å². The molecule has 1 aromatic heterocycles. The number of nitrogens with zero attached hydrogens (tertiary/aromatic N) is 2. The Kier molecular flexibility index (Phi) is 7.24. The monoisotopic (exact) mass is 577 g/mol. The molecule has 0 radical (unpaired) electrons. The summed E-state index contributed by atoms with van der Waals surface area (Å²) in [6.07, 6.45) is -3.07. The van der Waals surface area contributed by atoms with E-state index >= 15 is 0 Å². The van der Waals surface area contributed by atoms with Gasteiger partial charge in [-0.15, -0.1) is 0 Å². The zero-order valence-corrected chi connectivity index (χ0v) is 23.1. The van der Waals surface area contributed by atoms with Crippen molar-refractivity contribution in [1.82, 2.24) is 15.2 Å². The van der Waals surface area contributed by atoms with Gasteiger partial charge in [-0.05, 0) is 67.9 Å². The van der Waals surface area contributed by atoms with Crippen molar-refractivity contribution in [2.45, 2.75) is 63.7 Å². The number of hydrogen-bond donors (Lipinski definition) is 1. The van der Waals surface area contributed by atoms with Crippen LogP contribution in [0.3, 0.4) is 0 Å². The zero-order valence-electron chi connectivity index (χ0n) is 23.1. The molecule has 2 atom stereocenters. The number of nitrogens with one attached hydrogen (secondary N) is 1. The average Bonchev–Trinajstić information content (AvgIpc) is 3.68. The summed E-state index contributed by atoms with van der Waals surface area (Å²) in [5.41, 5.74) is 3.79. The average molecular weight is 578 g/mol. The molecule has 1 N–H and O–H groups in total. The molecular weight excluding hydrogens is 547 g/mol. The first-order chi connectivity index (χ1) is 20.2. The van der Waals surface area contributed by atoms with Gasteiger partial charge in [0.15, 0.2) is 0 Å². The van der Waals surface area contributed by atoms with Crippen LogP contribution in [0.15, 0.2) is 48.5 Å². The van der Waals surface area contributed by atoms with Gasteiger partial charge in [-0.25, -0.2) is 4.79 Å². The lowest BCUT2D eigenvalue weighted by atomic mass is 9.89. The lowest BCUT2D eigenvalue weighted by molar-refractivity contribution is -0.134. The molecule has 10 heteroatoms. The summed E-state index contributed by atoms with van der Waals surface area (Å²) in [5, 5.41) is 3.08. The normalized spacial score (nSPS) is 19.0. The van der Waals surface area contributed by atoms with E-state index in [1.165, 1.54) is 5.56 Å². The van der Waals surface area contributed by atoms with Gasteiger partial charge < -0.3 is 15.0 Å². The van der Waals surface area contributed by atoms with Crippen LogP contribution in [0.2, 0.25) is 0 Å². The zero-order chi connectivity index (χ0) is 29.6. The molecule has 218 valence electrons. The van der Waals surface area contributed by atoms with E-state index in [9.17, 15) is 27.6 Å². The number of carbonyl (C=O) groups excluding carboxylic acids is 3. The fraction of sp³-hybridized carbons (Fsp3) is 0.375. The number of esters is 1. The van der Waals surface area contributed by atoms with Gasteiger partial charge in [-0.3, -0.25) is 14.6 Å².